The Morgan fingerprint density at radius 1 is 1.13 bits per heavy atom. The maximum absolute atomic E-state index is 14.3. The van der Waals surface area contributed by atoms with Gasteiger partial charge in [-0.25, -0.2) is 14.8 Å². The lowest BCUT2D eigenvalue weighted by Crippen LogP contribution is -2.57. The summed E-state index contributed by atoms with van der Waals surface area (Å²) in [6.07, 6.45) is 4.58. The van der Waals surface area contributed by atoms with E-state index in [1.54, 1.807) is 19.1 Å². The zero-order valence-electron chi connectivity index (χ0n) is 27.7. The number of Topliss-reactive ketones (excluding diaryl/α,β-unsaturated/α-hetero) is 1. The van der Waals surface area contributed by atoms with Crippen LogP contribution in [0, 0.1) is 17.3 Å². The van der Waals surface area contributed by atoms with Crippen molar-refractivity contribution in [1.29, 1.82) is 0 Å². The molecule has 1 saturated carbocycles. The van der Waals surface area contributed by atoms with Gasteiger partial charge in [0.15, 0.2) is 5.78 Å². The van der Waals surface area contributed by atoms with E-state index in [-0.39, 0.29) is 30.1 Å². The second kappa shape index (κ2) is 13.1. The van der Waals surface area contributed by atoms with E-state index in [4.69, 9.17) is 28.9 Å². The fourth-order valence-corrected chi connectivity index (χ4v) is 7.12. The van der Waals surface area contributed by atoms with Crippen LogP contribution in [0.5, 0.6) is 11.6 Å². The van der Waals surface area contributed by atoms with Gasteiger partial charge in [-0.3, -0.25) is 9.59 Å². The van der Waals surface area contributed by atoms with Crippen molar-refractivity contribution in [2.45, 2.75) is 103 Å². The smallest absolute Gasteiger partial charge is 0.408 e. The topological polar surface area (TPSA) is 129 Å². The Balaban J connectivity index is 1.54. The molecule has 5 rings (SSSR count). The van der Waals surface area contributed by atoms with Crippen LogP contribution in [0.25, 0.3) is 11.0 Å². The molecule has 11 heteroatoms. The molecule has 1 N–H and O–H groups in total. The number of carbonyl (C=O) groups excluding carboxylic acids is 3. The Hall–Kier alpha value is -3.47. The molecule has 0 unspecified atom stereocenters. The zero-order valence-corrected chi connectivity index (χ0v) is 27.7. The van der Waals surface area contributed by atoms with Crippen LogP contribution in [0.3, 0.4) is 0 Å². The van der Waals surface area contributed by atoms with Gasteiger partial charge in [-0.05, 0) is 56.6 Å². The third-order valence-electron chi connectivity index (χ3n) is 9.64. The maximum atomic E-state index is 14.3. The summed E-state index contributed by atoms with van der Waals surface area (Å²) in [4.78, 5) is 52.3. The number of ketones is 1. The summed E-state index contributed by atoms with van der Waals surface area (Å²) in [6.45, 7) is 9.66. The summed E-state index contributed by atoms with van der Waals surface area (Å²) < 4.78 is 23.6. The molecule has 2 fully saturated rings. The van der Waals surface area contributed by atoms with Crippen LogP contribution < -0.4 is 14.8 Å². The van der Waals surface area contributed by atoms with Crippen LogP contribution in [-0.2, 0) is 25.5 Å². The predicted octanol–water partition coefficient (Wildman–Crippen LogP) is 4.87. The second-order valence-electron chi connectivity index (χ2n) is 13.9. The highest BCUT2D eigenvalue weighted by atomic mass is 16.6. The Kier molecular flexibility index (Phi) is 9.58. The van der Waals surface area contributed by atoms with Gasteiger partial charge in [0, 0.05) is 25.0 Å². The van der Waals surface area contributed by atoms with Crippen molar-refractivity contribution in [2.75, 3.05) is 27.4 Å². The molecule has 45 heavy (non-hydrogen) atoms. The van der Waals surface area contributed by atoms with Gasteiger partial charge in [-0.15, -0.1) is 0 Å². The maximum Gasteiger partial charge on any atom is 0.408 e. The molecular weight excluding hydrogens is 576 g/mol. The molecule has 1 aliphatic carbocycles. The Bertz CT molecular complexity index is 1430. The summed E-state index contributed by atoms with van der Waals surface area (Å²) in [5, 5.41) is 2.88. The minimum absolute atomic E-state index is 0.128. The number of fused-ring (bicyclic) bond motifs is 5. The third-order valence-corrected chi connectivity index (χ3v) is 9.64. The lowest BCUT2D eigenvalue weighted by molar-refractivity contribution is -0.141. The molecule has 2 aliphatic heterocycles. The Labute approximate surface area is 265 Å². The van der Waals surface area contributed by atoms with E-state index in [0.717, 1.165) is 43.3 Å². The lowest BCUT2D eigenvalue weighted by atomic mass is 9.85. The van der Waals surface area contributed by atoms with E-state index < -0.39 is 35.3 Å². The second-order valence-corrected chi connectivity index (χ2v) is 13.9. The van der Waals surface area contributed by atoms with Gasteiger partial charge in [0.2, 0.25) is 11.8 Å². The number of carbonyl (C=O) groups is 3. The van der Waals surface area contributed by atoms with Crippen LogP contribution in [0.15, 0.2) is 18.2 Å². The van der Waals surface area contributed by atoms with E-state index in [2.05, 4.69) is 5.32 Å². The number of methoxy groups -OCH3 is 2. The molecule has 1 aromatic heterocycles. The number of hydrogen-bond acceptors (Lipinski definition) is 9. The highest BCUT2D eigenvalue weighted by molar-refractivity contribution is 5.92. The van der Waals surface area contributed by atoms with Crippen molar-refractivity contribution < 1.29 is 33.3 Å². The quantitative estimate of drug-likeness (QED) is 0.495. The molecule has 246 valence electrons. The lowest BCUT2D eigenvalue weighted by Gasteiger charge is -2.35. The number of rotatable bonds is 5. The summed E-state index contributed by atoms with van der Waals surface area (Å²) >= 11 is 0. The van der Waals surface area contributed by atoms with Crippen molar-refractivity contribution in [2.24, 2.45) is 17.3 Å². The number of benzene rings is 1. The first-order valence-electron chi connectivity index (χ1n) is 16.2. The fourth-order valence-electron chi connectivity index (χ4n) is 7.12. The van der Waals surface area contributed by atoms with E-state index in [9.17, 15) is 14.4 Å². The van der Waals surface area contributed by atoms with Crippen molar-refractivity contribution in [3.8, 4) is 11.6 Å². The molecule has 1 saturated heterocycles. The SMILES string of the molecule is CC[C@@H]1[C@@H]2CN(C(=O)[C@H](C(C)(C)C)NC(=O)O[C@]3(COC)C[C@H]3CCCCCc3nc4ccc(OC)cc4nc3O2)[C@@H]1C(C)=O. The monoisotopic (exact) mass is 624 g/mol. The van der Waals surface area contributed by atoms with Crippen LogP contribution in [0.4, 0.5) is 4.79 Å². The predicted molar refractivity (Wildman–Crippen MR) is 168 cm³/mol. The highest BCUT2D eigenvalue weighted by Crippen LogP contribution is 2.50. The first-order valence-corrected chi connectivity index (χ1v) is 16.2. The molecule has 11 nitrogen and oxygen atoms in total. The van der Waals surface area contributed by atoms with Crippen LogP contribution in [-0.4, -0.2) is 83.8 Å². The standard InChI is InChI=1S/C34H48N4O7/c1-8-23-27-18-38(28(23)20(2)39)31(40)29(33(3,4)5)37-32(41)45-34(19-42-6)17-21(34)12-10-9-11-13-25-30(44-27)36-26-16-22(43-7)14-15-24(26)35-25/h14-16,21,23,27-29H,8-13,17-19H2,1-7H3,(H,37,41)/t21-,23-,27+,28-,29-,34+/m1/s1. The van der Waals surface area contributed by atoms with Crippen molar-refractivity contribution in [1.82, 2.24) is 20.2 Å². The van der Waals surface area contributed by atoms with Crippen molar-refractivity contribution >= 4 is 28.8 Å². The first kappa shape index (κ1) is 32.9. The summed E-state index contributed by atoms with van der Waals surface area (Å²) in [6, 6.07) is 3.96. The molecule has 2 bridgehead atoms. The highest BCUT2D eigenvalue weighted by Gasteiger charge is 2.58. The molecule has 3 aliphatic rings. The van der Waals surface area contributed by atoms with Crippen LogP contribution >= 0.6 is 0 Å². The molecule has 2 amide bonds. The normalized spacial score (nSPS) is 29.4. The van der Waals surface area contributed by atoms with Crippen molar-refractivity contribution in [3.63, 3.8) is 0 Å². The van der Waals surface area contributed by atoms with Gasteiger partial charge in [0.25, 0.3) is 0 Å². The fraction of sp³-hybridized carbons (Fsp3) is 0.676. The minimum Gasteiger partial charge on any atom is -0.497 e. The molecular formula is C34H48N4O7. The summed E-state index contributed by atoms with van der Waals surface area (Å²) in [5.41, 5.74) is 0.801. The Morgan fingerprint density at radius 2 is 1.91 bits per heavy atom. The number of aromatic nitrogens is 2. The van der Waals surface area contributed by atoms with E-state index in [1.165, 1.54) is 6.92 Å². The minimum atomic E-state index is -0.928. The van der Waals surface area contributed by atoms with E-state index in [0.29, 0.717) is 36.6 Å². The average Bonchev–Trinajstić information content (AvgIpc) is 3.50. The number of nitrogens with one attached hydrogen (secondary N) is 1. The molecule has 1 aromatic carbocycles. The number of nitrogens with zero attached hydrogens (tertiary/aromatic N) is 3. The number of aryl methyl sites for hydroxylation is 1. The van der Waals surface area contributed by atoms with Gasteiger partial charge < -0.3 is 29.2 Å². The summed E-state index contributed by atoms with van der Waals surface area (Å²) in [7, 11) is 3.21. The van der Waals surface area contributed by atoms with E-state index >= 15 is 0 Å². The Morgan fingerprint density at radius 3 is 2.58 bits per heavy atom. The van der Waals surface area contributed by atoms with Crippen molar-refractivity contribution in [3.05, 3.63) is 23.9 Å². The van der Waals surface area contributed by atoms with Gasteiger partial charge >= 0.3 is 6.09 Å². The van der Waals surface area contributed by atoms with Crippen LogP contribution in [0.1, 0.15) is 78.8 Å². The molecule has 3 heterocycles. The molecule has 0 radical (unpaired) electrons. The van der Waals surface area contributed by atoms with Crippen LogP contribution in [0.2, 0.25) is 0 Å². The van der Waals surface area contributed by atoms with Gasteiger partial charge in [0.1, 0.15) is 29.2 Å². The first-order chi connectivity index (χ1) is 21.4. The van der Waals surface area contributed by atoms with Gasteiger partial charge in [0.05, 0.1) is 37.3 Å². The van der Waals surface area contributed by atoms with E-state index in [1.807, 2.05) is 45.9 Å². The number of amides is 2. The molecule has 6 atom stereocenters. The van der Waals surface area contributed by atoms with Gasteiger partial charge in [-0.1, -0.05) is 40.5 Å². The molecule has 2 aromatic rings. The number of alkyl carbamates (subject to hydrolysis) is 1. The zero-order chi connectivity index (χ0) is 32.5. The molecule has 0 spiro atoms. The number of ether oxygens (including phenoxy) is 4. The average molecular weight is 625 g/mol. The largest absolute Gasteiger partial charge is 0.497 e. The number of hydrogen-bond donors (Lipinski definition) is 1. The summed E-state index contributed by atoms with van der Waals surface area (Å²) in [5.74, 6) is 0.541. The van der Waals surface area contributed by atoms with Gasteiger partial charge in [-0.2, -0.15) is 0 Å². The third kappa shape index (κ3) is 6.88.